The van der Waals surface area contributed by atoms with E-state index in [1.54, 1.807) is 24.3 Å². The quantitative estimate of drug-likeness (QED) is 0.535. The highest BCUT2D eigenvalue weighted by Gasteiger charge is 2.34. The van der Waals surface area contributed by atoms with E-state index in [4.69, 9.17) is 32.7 Å². The van der Waals surface area contributed by atoms with Crippen LogP contribution in [0.2, 0.25) is 10.0 Å². The van der Waals surface area contributed by atoms with E-state index < -0.39 is 11.8 Å². The van der Waals surface area contributed by atoms with Crippen LogP contribution in [-0.4, -0.2) is 26.0 Å². The lowest BCUT2D eigenvalue weighted by molar-refractivity contribution is -0.117. The highest BCUT2D eigenvalue weighted by Crippen LogP contribution is 2.35. The molecule has 0 bridgehead atoms. The van der Waals surface area contributed by atoms with Gasteiger partial charge in [0.25, 0.3) is 11.8 Å². The van der Waals surface area contributed by atoms with Crippen LogP contribution in [0, 0.1) is 0 Å². The second-order valence-electron chi connectivity index (χ2n) is 5.47. The van der Waals surface area contributed by atoms with Crippen molar-refractivity contribution in [3.63, 3.8) is 0 Å². The van der Waals surface area contributed by atoms with Crippen molar-refractivity contribution in [1.29, 1.82) is 0 Å². The SMILES string of the molecule is COc1cc(Br)c(/C=C2\C(=O)NN(c3ccc(Cl)c(Cl)c3)C2=O)cc1OC. The number of anilines is 1. The molecule has 9 heteroatoms. The number of carbonyl (C=O) groups is 2. The molecule has 3 rings (SSSR count). The van der Waals surface area contributed by atoms with Gasteiger partial charge in [-0.2, -0.15) is 0 Å². The van der Waals surface area contributed by atoms with Crippen LogP contribution < -0.4 is 19.9 Å². The second-order valence-corrected chi connectivity index (χ2v) is 7.14. The standard InChI is InChI=1S/C18H13BrCl2N2O4/c1-26-15-6-9(12(19)8-16(15)27-2)5-11-17(24)22-23(18(11)25)10-3-4-13(20)14(21)7-10/h3-8H,1-2H3,(H,22,24)/b11-5+. The molecule has 1 fully saturated rings. The number of hydrazine groups is 1. The molecule has 2 amide bonds. The number of halogens is 3. The van der Waals surface area contributed by atoms with Gasteiger partial charge in [-0.3, -0.25) is 15.0 Å². The molecule has 0 unspecified atom stereocenters. The van der Waals surface area contributed by atoms with Gasteiger partial charge in [-0.15, -0.1) is 0 Å². The number of methoxy groups -OCH3 is 2. The van der Waals surface area contributed by atoms with E-state index in [-0.39, 0.29) is 10.6 Å². The van der Waals surface area contributed by atoms with Crippen LogP contribution in [0.4, 0.5) is 5.69 Å². The fraction of sp³-hybridized carbons (Fsp3) is 0.111. The molecule has 0 aliphatic carbocycles. The lowest BCUT2D eigenvalue weighted by Crippen LogP contribution is -2.35. The molecule has 2 aromatic rings. The number of amides is 2. The van der Waals surface area contributed by atoms with Crippen LogP contribution in [0.25, 0.3) is 6.08 Å². The molecule has 0 saturated carbocycles. The molecule has 27 heavy (non-hydrogen) atoms. The zero-order valence-corrected chi connectivity index (χ0v) is 17.3. The number of hydrogen-bond donors (Lipinski definition) is 1. The van der Waals surface area contributed by atoms with E-state index in [1.165, 1.54) is 26.4 Å². The van der Waals surface area contributed by atoms with Gasteiger partial charge < -0.3 is 9.47 Å². The Morgan fingerprint density at radius 1 is 1.04 bits per heavy atom. The van der Waals surface area contributed by atoms with Crippen molar-refractivity contribution in [2.75, 3.05) is 19.2 Å². The van der Waals surface area contributed by atoms with Gasteiger partial charge in [0.1, 0.15) is 5.57 Å². The van der Waals surface area contributed by atoms with Gasteiger partial charge in [-0.25, -0.2) is 5.01 Å². The molecule has 1 aliphatic rings. The summed E-state index contributed by atoms with van der Waals surface area (Å²) in [5.74, 6) is -0.0567. The van der Waals surface area contributed by atoms with Gasteiger partial charge in [0.05, 0.1) is 30.0 Å². The fourth-order valence-corrected chi connectivity index (χ4v) is 3.23. The molecule has 1 saturated heterocycles. The summed E-state index contributed by atoms with van der Waals surface area (Å²) >= 11 is 15.3. The summed E-state index contributed by atoms with van der Waals surface area (Å²) < 4.78 is 11.1. The number of hydrogen-bond acceptors (Lipinski definition) is 4. The normalized spacial score (nSPS) is 15.3. The first-order valence-electron chi connectivity index (χ1n) is 7.59. The molecule has 0 radical (unpaired) electrons. The van der Waals surface area contributed by atoms with Crippen molar-refractivity contribution in [2.24, 2.45) is 0 Å². The maximum absolute atomic E-state index is 12.7. The summed E-state index contributed by atoms with van der Waals surface area (Å²) in [4.78, 5) is 25.1. The minimum absolute atomic E-state index is 0.0333. The minimum atomic E-state index is -0.534. The fourth-order valence-electron chi connectivity index (χ4n) is 2.50. The number of ether oxygens (including phenoxy) is 2. The average Bonchev–Trinajstić information content (AvgIpc) is 2.93. The van der Waals surface area contributed by atoms with Crippen LogP contribution >= 0.6 is 39.1 Å². The molecular weight excluding hydrogens is 459 g/mol. The van der Waals surface area contributed by atoms with Crippen LogP contribution in [0.1, 0.15) is 5.56 Å². The van der Waals surface area contributed by atoms with Gasteiger partial charge in [0, 0.05) is 4.47 Å². The van der Waals surface area contributed by atoms with Crippen molar-refractivity contribution >= 4 is 62.7 Å². The van der Waals surface area contributed by atoms with Crippen molar-refractivity contribution in [2.45, 2.75) is 0 Å². The molecule has 0 aromatic heterocycles. The molecule has 0 atom stereocenters. The highest BCUT2D eigenvalue weighted by molar-refractivity contribution is 9.10. The lowest BCUT2D eigenvalue weighted by Gasteiger charge is -2.15. The monoisotopic (exact) mass is 470 g/mol. The molecule has 140 valence electrons. The first-order chi connectivity index (χ1) is 12.8. The van der Waals surface area contributed by atoms with Crippen LogP contribution in [-0.2, 0) is 9.59 Å². The van der Waals surface area contributed by atoms with E-state index in [9.17, 15) is 9.59 Å². The molecule has 1 heterocycles. The zero-order valence-electron chi connectivity index (χ0n) is 14.2. The van der Waals surface area contributed by atoms with E-state index in [0.29, 0.717) is 32.2 Å². The van der Waals surface area contributed by atoms with E-state index >= 15 is 0 Å². The Balaban J connectivity index is 1.99. The maximum Gasteiger partial charge on any atom is 0.282 e. The van der Waals surface area contributed by atoms with Crippen LogP contribution in [0.3, 0.4) is 0 Å². The number of carbonyl (C=O) groups excluding carboxylic acids is 2. The van der Waals surface area contributed by atoms with Crippen molar-refractivity contribution in [3.8, 4) is 11.5 Å². The predicted octanol–water partition coefficient (Wildman–Crippen LogP) is 4.23. The number of rotatable bonds is 4. The predicted molar refractivity (Wildman–Crippen MR) is 107 cm³/mol. The first-order valence-corrected chi connectivity index (χ1v) is 9.14. The number of benzene rings is 2. The van der Waals surface area contributed by atoms with Crippen molar-refractivity contribution < 1.29 is 19.1 Å². The van der Waals surface area contributed by atoms with Gasteiger partial charge >= 0.3 is 0 Å². The van der Waals surface area contributed by atoms with Gasteiger partial charge in [-0.05, 0) is 42.0 Å². The zero-order chi connectivity index (χ0) is 19.7. The Kier molecular flexibility index (Phi) is 5.64. The summed E-state index contributed by atoms with van der Waals surface area (Å²) in [6, 6.07) is 7.99. The average molecular weight is 472 g/mol. The summed E-state index contributed by atoms with van der Waals surface area (Å²) in [7, 11) is 3.02. The second kappa shape index (κ2) is 7.80. The van der Waals surface area contributed by atoms with E-state index in [0.717, 1.165) is 5.01 Å². The third-order valence-corrected chi connectivity index (χ3v) is 5.28. The van der Waals surface area contributed by atoms with Gasteiger partial charge in [0.15, 0.2) is 11.5 Å². The Morgan fingerprint density at radius 2 is 1.70 bits per heavy atom. The Labute approximate surface area is 173 Å². The largest absolute Gasteiger partial charge is 0.493 e. The third kappa shape index (κ3) is 3.76. The van der Waals surface area contributed by atoms with Crippen molar-refractivity contribution in [3.05, 3.63) is 56.0 Å². The topological polar surface area (TPSA) is 67.9 Å². The molecule has 6 nitrogen and oxygen atoms in total. The van der Waals surface area contributed by atoms with E-state index in [1.807, 2.05) is 0 Å². The van der Waals surface area contributed by atoms with Gasteiger partial charge in [-0.1, -0.05) is 39.1 Å². The summed E-state index contributed by atoms with van der Waals surface area (Å²) in [6.07, 6.45) is 1.47. The number of nitrogens with zero attached hydrogens (tertiary/aromatic N) is 1. The third-order valence-electron chi connectivity index (χ3n) is 3.86. The smallest absolute Gasteiger partial charge is 0.282 e. The molecular formula is C18H13BrCl2N2O4. The number of nitrogens with one attached hydrogen (secondary N) is 1. The first kappa shape index (κ1) is 19.5. The lowest BCUT2D eigenvalue weighted by atomic mass is 10.1. The van der Waals surface area contributed by atoms with E-state index in [2.05, 4.69) is 21.4 Å². The van der Waals surface area contributed by atoms with Gasteiger partial charge in [0.2, 0.25) is 0 Å². The van der Waals surface area contributed by atoms with Crippen LogP contribution in [0.15, 0.2) is 40.4 Å². The minimum Gasteiger partial charge on any atom is -0.493 e. The maximum atomic E-state index is 12.7. The Hall–Kier alpha value is -2.22. The van der Waals surface area contributed by atoms with Crippen LogP contribution in [0.5, 0.6) is 11.5 Å². The molecule has 1 N–H and O–H groups in total. The van der Waals surface area contributed by atoms with Crippen molar-refractivity contribution in [1.82, 2.24) is 5.43 Å². The summed E-state index contributed by atoms with van der Waals surface area (Å²) in [6.45, 7) is 0. The Bertz CT molecular complexity index is 978. The molecule has 1 aliphatic heterocycles. The summed E-state index contributed by atoms with van der Waals surface area (Å²) in [5, 5.41) is 1.74. The highest BCUT2D eigenvalue weighted by atomic mass is 79.9. The summed E-state index contributed by atoms with van der Waals surface area (Å²) in [5.41, 5.74) is 3.46. The molecule has 2 aromatic carbocycles. The Morgan fingerprint density at radius 3 is 2.33 bits per heavy atom. The molecule has 0 spiro atoms.